The van der Waals surface area contributed by atoms with Crippen LogP contribution >= 0.6 is 23.4 Å². The molecule has 0 aliphatic carbocycles. The lowest BCUT2D eigenvalue weighted by atomic mass is 10.1. The summed E-state index contributed by atoms with van der Waals surface area (Å²) in [6, 6.07) is 16.6. The highest BCUT2D eigenvalue weighted by Gasteiger charge is 2.34. The van der Waals surface area contributed by atoms with Crippen molar-refractivity contribution in [1.82, 2.24) is 0 Å². The van der Waals surface area contributed by atoms with E-state index in [4.69, 9.17) is 16.3 Å². The molecule has 34 heavy (non-hydrogen) atoms. The van der Waals surface area contributed by atoms with Crippen LogP contribution in [0.2, 0.25) is 5.02 Å². The molecule has 2 amide bonds. The third-order valence-electron chi connectivity index (χ3n) is 4.65. The van der Waals surface area contributed by atoms with Crippen LogP contribution in [0.3, 0.4) is 0 Å². The molecular weight excluding hydrogens is 489 g/mol. The summed E-state index contributed by atoms with van der Waals surface area (Å²) in [7, 11) is 1.51. The molecule has 1 unspecified atom stereocenters. The highest BCUT2D eigenvalue weighted by molar-refractivity contribution is 8.00. The maximum absolute atomic E-state index is 13.3. The average molecular weight is 509 g/mol. The van der Waals surface area contributed by atoms with E-state index < -0.39 is 22.9 Å². The highest BCUT2D eigenvalue weighted by atomic mass is 35.5. The zero-order chi connectivity index (χ0) is 24.9. The molecule has 3 aromatic carbocycles. The largest absolute Gasteiger partial charge is 0.497 e. The number of carbonyl (C=O) groups is 2. The summed E-state index contributed by atoms with van der Waals surface area (Å²) < 4.78 is 45.0. The third kappa shape index (κ3) is 6.68. The fourth-order valence-corrected chi connectivity index (χ4v) is 4.07. The Morgan fingerprint density at radius 3 is 2.44 bits per heavy atom. The van der Waals surface area contributed by atoms with Crippen molar-refractivity contribution in [3.8, 4) is 5.75 Å². The molecule has 3 rings (SSSR count). The first-order valence-electron chi connectivity index (χ1n) is 9.96. The molecular formula is C24H20ClF3N2O3S. The van der Waals surface area contributed by atoms with Crippen molar-refractivity contribution < 1.29 is 27.5 Å². The van der Waals surface area contributed by atoms with Crippen molar-refractivity contribution in [2.45, 2.75) is 23.2 Å². The van der Waals surface area contributed by atoms with Crippen LogP contribution < -0.4 is 15.4 Å². The van der Waals surface area contributed by atoms with Gasteiger partial charge in [0.25, 0.3) is 5.91 Å². The summed E-state index contributed by atoms with van der Waals surface area (Å²) in [5.41, 5.74) is -0.475. The average Bonchev–Trinajstić information content (AvgIpc) is 2.79. The van der Waals surface area contributed by atoms with E-state index in [9.17, 15) is 22.8 Å². The van der Waals surface area contributed by atoms with Crippen LogP contribution in [-0.4, -0.2) is 24.2 Å². The summed E-state index contributed by atoms with van der Waals surface area (Å²) in [6.07, 6.45) is -4.67. The molecule has 0 radical (unpaired) electrons. The normalized spacial score (nSPS) is 12.1. The number of hydrogen-bond acceptors (Lipinski definition) is 4. The number of thioether (sulfide) groups is 1. The Labute approximate surface area is 203 Å². The Kier molecular flexibility index (Phi) is 8.11. The van der Waals surface area contributed by atoms with E-state index in [2.05, 4.69) is 10.6 Å². The molecule has 5 nitrogen and oxygen atoms in total. The van der Waals surface area contributed by atoms with Crippen LogP contribution in [0.5, 0.6) is 5.75 Å². The standard InChI is InChI=1S/C24H20ClF3N2O3S/c1-14(22(31)30-21-10-9-16(25)12-20(21)24(26,27)28)34-19-8-4-6-17(13-19)29-23(32)15-5-3-7-18(11-15)33-2/h3-14H,1-2H3,(H,29,32)(H,30,31). The van der Waals surface area contributed by atoms with Crippen molar-refractivity contribution in [3.63, 3.8) is 0 Å². The number of halogens is 4. The van der Waals surface area contributed by atoms with Gasteiger partial charge in [-0.1, -0.05) is 23.7 Å². The number of hydrogen-bond donors (Lipinski definition) is 2. The van der Waals surface area contributed by atoms with Crippen molar-refractivity contribution in [1.29, 1.82) is 0 Å². The van der Waals surface area contributed by atoms with E-state index in [1.54, 1.807) is 55.5 Å². The van der Waals surface area contributed by atoms with Gasteiger partial charge in [-0.15, -0.1) is 11.8 Å². The van der Waals surface area contributed by atoms with Gasteiger partial charge in [-0.3, -0.25) is 9.59 Å². The molecule has 2 N–H and O–H groups in total. The van der Waals surface area contributed by atoms with Crippen LogP contribution in [0.4, 0.5) is 24.5 Å². The summed E-state index contributed by atoms with van der Waals surface area (Å²) in [6.45, 7) is 1.57. The molecule has 0 saturated heterocycles. The first kappa shape index (κ1) is 25.5. The molecule has 10 heteroatoms. The summed E-state index contributed by atoms with van der Waals surface area (Å²) in [4.78, 5) is 25.8. The molecule has 0 heterocycles. The van der Waals surface area contributed by atoms with E-state index in [1.165, 1.54) is 13.2 Å². The minimum Gasteiger partial charge on any atom is -0.497 e. The SMILES string of the molecule is COc1cccc(C(=O)Nc2cccc(SC(C)C(=O)Nc3ccc(Cl)cc3C(F)(F)F)c2)c1. The van der Waals surface area contributed by atoms with Crippen LogP contribution in [0.15, 0.2) is 71.6 Å². The topological polar surface area (TPSA) is 67.4 Å². The van der Waals surface area contributed by atoms with Gasteiger partial charge in [0.1, 0.15) is 5.75 Å². The number of ether oxygens (including phenoxy) is 1. The van der Waals surface area contributed by atoms with Gasteiger partial charge in [0.15, 0.2) is 0 Å². The molecule has 0 saturated carbocycles. The Balaban J connectivity index is 1.68. The smallest absolute Gasteiger partial charge is 0.418 e. The van der Waals surface area contributed by atoms with E-state index in [0.717, 1.165) is 23.9 Å². The molecule has 0 bridgehead atoms. The lowest BCUT2D eigenvalue weighted by molar-refractivity contribution is -0.137. The lowest BCUT2D eigenvalue weighted by Gasteiger charge is -2.17. The van der Waals surface area contributed by atoms with Gasteiger partial charge in [-0.05, 0) is 61.5 Å². The van der Waals surface area contributed by atoms with Gasteiger partial charge in [0, 0.05) is 21.2 Å². The van der Waals surface area contributed by atoms with Gasteiger partial charge in [-0.2, -0.15) is 13.2 Å². The van der Waals surface area contributed by atoms with Gasteiger partial charge < -0.3 is 15.4 Å². The predicted molar refractivity (Wildman–Crippen MR) is 128 cm³/mol. The number of benzene rings is 3. The number of methoxy groups -OCH3 is 1. The molecule has 1 atom stereocenters. The number of nitrogens with one attached hydrogen (secondary N) is 2. The predicted octanol–water partition coefficient (Wildman–Crippen LogP) is 6.74. The molecule has 0 aromatic heterocycles. The maximum atomic E-state index is 13.3. The zero-order valence-corrected chi connectivity index (χ0v) is 19.6. The van der Waals surface area contributed by atoms with Crippen molar-refractivity contribution in [2.75, 3.05) is 17.7 Å². The third-order valence-corrected chi connectivity index (χ3v) is 5.98. The minimum atomic E-state index is -4.67. The van der Waals surface area contributed by atoms with Crippen LogP contribution in [-0.2, 0) is 11.0 Å². The van der Waals surface area contributed by atoms with Crippen molar-refractivity contribution >= 4 is 46.6 Å². The number of alkyl halides is 3. The fourth-order valence-electron chi connectivity index (χ4n) is 2.97. The first-order valence-corrected chi connectivity index (χ1v) is 11.2. The molecule has 0 aliphatic rings. The second kappa shape index (κ2) is 10.8. The van der Waals surface area contributed by atoms with Gasteiger partial charge in [0.05, 0.1) is 23.6 Å². The molecule has 3 aromatic rings. The van der Waals surface area contributed by atoms with Gasteiger partial charge in [0.2, 0.25) is 5.91 Å². The Bertz CT molecular complexity index is 1200. The number of carbonyl (C=O) groups excluding carboxylic acids is 2. The summed E-state index contributed by atoms with van der Waals surface area (Å²) in [5, 5.41) is 4.30. The van der Waals surface area contributed by atoms with Crippen molar-refractivity contribution in [3.05, 3.63) is 82.9 Å². The molecule has 178 valence electrons. The molecule has 0 fully saturated rings. The first-order chi connectivity index (χ1) is 16.1. The summed E-state index contributed by atoms with van der Waals surface area (Å²) >= 11 is 6.82. The quantitative estimate of drug-likeness (QED) is 0.347. The number of rotatable bonds is 7. The number of anilines is 2. The second-order valence-corrected chi connectivity index (χ2v) is 9.00. The van der Waals surface area contributed by atoms with Crippen molar-refractivity contribution in [2.24, 2.45) is 0 Å². The maximum Gasteiger partial charge on any atom is 0.418 e. The monoisotopic (exact) mass is 508 g/mol. The van der Waals surface area contributed by atoms with E-state index in [1.807, 2.05) is 0 Å². The van der Waals surface area contributed by atoms with Crippen LogP contribution in [0, 0.1) is 0 Å². The second-order valence-electron chi connectivity index (χ2n) is 7.15. The Morgan fingerprint density at radius 1 is 1.00 bits per heavy atom. The van der Waals surface area contributed by atoms with Gasteiger partial charge >= 0.3 is 6.18 Å². The van der Waals surface area contributed by atoms with Crippen LogP contribution in [0.25, 0.3) is 0 Å². The van der Waals surface area contributed by atoms with E-state index in [-0.39, 0.29) is 16.6 Å². The fraction of sp³-hybridized carbons (Fsp3) is 0.167. The minimum absolute atomic E-state index is 0.0828. The number of amides is 2. The van der Waals surface area contributed by atoms with Gasteiger partial charge in [-0.25, -0.2) is 0 Å². The Morgan fingerprint density at radius 2 is 1.74 bits per heavy atom. The lowest BCUT2D eigenvalue weighted by Crippen LogP contribution is -2.24. The van der Waals surface area contributed by atoms with Crippen LogP contribution in [0.1, 0.15) is 22.8 Å². The van der Waals surface area contributed by atoms with E-state index in [0.29, 0.717) is 21.9 Å². The zero-order valence-electron chi connectivity index (χ0n) is 18.1. The highest BCUT2D eigenvalue weighted by Crippen LogP contribution is 2.37. The van der Waals surface area contributed by atoms with E-state index >= 15 is 0 Å². The summed E-state index contributed by atoms with van der Waals surface area (Å²) in [5.74, 6) is -0.399. The Hall–Kier alpha value is -3.17. The molecule has 0 aliphatic heterocycles. The molecule has 0 spiro atoms.